The Morgan fingerprint density at radius 2 is 2.04 bits per heavy atom. The van der Waals surface area contributed by atoms with E-state index in [4.69, 9.17) is 9.47 Å². The number of carbonyl (C=O) groups is 3. The van der Waals surface area contributed by atoms with E-state index in [1.54, 1.807) is 0 Å². The van der Waals surface area contributed by atoms with Crippen molar-refractivity contribution < 1.29 is 29.0 Å². The average Bonchev–Trinajstić information content (AvgIpc) is 2.82. The number of esters is 2. The van der Waals surface area contributed by atoms with Crippen molar-refractivity contribution in [2.45, 2.75) is 65.1 Å². The Morgan fingerprint density at radius 3 is 2.68 bits per heavy atom. The van der Waals surface area contributed by atoms with Crippen LogP contribution < -0.4 is 0 Å². The fourth-order valence-electron chi connectivity index (χ4n) is 7.12. The van der Waals surface area contributed by atoms with Crippen LogP contribution in [-0.4, -0.2) is 42.1 Å². The summed E-state index contributed by atoms with van der Waals surface area (Å²) in [4.78, 5) is 37.4. The van der Waals surface area contributed by atoms with Gasteiger partial charge in [0, 0.05) is 12.8 Å². The minimum Gasteiger partial charge on any atom is -0.464 e. The molecule has 1 N–H and O–H groups in total. The van der Waals surface area contributed by atoms with Crippen molar-refractivity contribution >= 4 is 18.2 Å². The molecule has 6 heteroatoms. The highest BCUT2D eigenvalue weighted by Gasteiger charge is 2.74. The molecule has 1 aliphatic heterocycles. The summed E-state index contributed by atoms with van der Waals surface area (Å²) in [6.07, 6.45) is 2.82. The lowest BCUT2D eigenvalue weighted by molar-refractivity contribution is -0.249. The maximum absolute atomic E-state index is 13.1. The summed E-state index contributed by atoms with van der Waals surface area (Å²) in [5.74, 6) is -1.43. The van der Waals surface area contributed by atoms with Crippen LogP contribution in [0.5, 0.6) is 0 Å². The second kappa shape index (κ2) is 6.15. The Morgan fingerprint density at radius 1 is 1.32 bits per heavy atom. The largest absolute Gasteiger partial charge is 0.464 e. The van der Waals surface area contributed by atoms with Gasteiger partial charge in [0.05, 0.1) is 11.5 Å². The molecule has 4 aliphatic rings. The van der Waals surface area contributed by atoms with Gasteiger partial charge in [0.25, 0.3) is 0 Å². The summed E-state index contributed by atoms with van der Waals surface area (Å²) in [6.45, 7) is 9.58. The molecule has 4 rings (SSSR count). The molecule has 4 fully saturated rings. The number of aliphatic hydroxyl groups excluding tert-OH is 1. The number of fused-ring (bicyclic) bond motifs is 2. The summed E-state index contributed by atoms with van der Waals surface area (Å²) >= 11 is 0. The maximum Gasteiger partial charge on any atom is 0.315 e. The van der Waals surface area contributed by atoms with Crippen LogP contribution in [0.2, 0.25) is 0 Å². The monoisotopic (exact) mass is 390 g/mol. The molecule has 0 amide bonds. The smallest absolute Gasteiger partial charge is 0.315 e. The number of hydrogen-bond acceptors (Lipinski definition) is 6. The third kappa shape index (κ3) is 2.27. The van der Waals surface area contributed by atoms with Crippen molar-refractivity contribution in [3.8, 4) is 0 Å². The first-order chi connectivity index (χ1) is 13.1. The summed E-state index contributed by atoms with van der Waals surface area (Å²) < 4.78 is 11.5. The van der Waals surface area contributed by atoms with E-state index in [0.29, 0.717) is 24.8 Å². The fraction of sp³-hybridized carbons (Fsp3) is 0.773. The predicted molar refractivity (Wildman–Crippen MR) is 99.9 cm³/mol. The van der Waals surface area contributed by atoms with Gasteiger partial charge in [-0.2, -0.15) is 0 Å². The second-order valence-electron chi connectivity index (χ2n) is 9.98. The van der Waals surface area contributed by atoms with Gasteiger partial charge in [-0.15, -0.1) is 0 Å². The van der Waals surface area contributed by atoms with Gasteiger partial charge < -0.3 is 19.4 Å². The zero-order chi connectivity index (χ0) is 20.5. The molecule has 1 saturated heterocycles. The number of aldehydes is 1. The van der Waals surface area contributed by atoms with Gasteiger partial charge in [0.15, 0.2) is 0 Å². The summed E-state index contributed by atoms with van der Waals surface area (Å²) in [6, 6.07) is 0. The highest BCUT2D eigenvalue weighted by atomic mass is 16.6. The molecule has 7 atom stereocenters. The highest BCUT2D eigenvalue weighted by Crippen LogP contribution is 2.69. The van der Waals surface area contributed by atoms with Crippen molar-refractivity contribution in [1.82, 2.24) is 0 Å². The maximum atomic E-state index is 13.1. The van der Waals surface area contributed by atoms with E-state index < -0.39 is 40.9 Å². The molecule has 0 aromatic carbocycles. The number of ether oxygens (including phenoxy) is 2. The molecule has 2 spiro atoms. The van der Waals surface area contributed by atoms with Gasteiger partial charge in [-0.05, 0) is 54.9 Å². The van der Waals surface area contributed by atoms with E-state index in [1.807, 2.05) is 0 Å². The molecule has 154 valence electrons. The second-order valence-corrected chi connectivity index (χ2v) is 9.98. The van der Waals surface area contributed by atoms with Gasteiger partial charge in [-0.3, -0.25) is 9.59 Å². The van der Waals surface area contributed by atoms with Crippen LogP contribution in [0.3, 0.4) is 0 Å². The van der Waals surface area contributed by atoms with Gasteiger partial charge in [0.2, 0.25) is 0 Å². The van der Waals surface area contributed by atoms with E-state index in [0.717, 1.165) is 19.1 Å². The molecule has 3 aliphatic carbocycles. The quantitative estimate of drug-likeness (QED) is 0.442. The van der Waals surface area contributed by atoms with E-state index in [-0.39, 0.29) is 23.9 Å². The van der Waals surface area contributed by atoms with E-state index >= 15 is 0 Å². The number of carbonyl (C=O) groups excluding carboxylic acids is 3. The Labute approximate surface area is 165 Å². The zero-order valence-electron chi connectivity index (χ0n) is 16.9. The van der Waals surface area contributed by atoms with Crippen LogP contribution in [-0.2, 0) is 23.9 Å². The van der Waals surface area contributed by atoms with Crippen LogP contribution in [0.15, 0.2) is 12.2 Å². The van der Waals surface area contributed by atoms with Crippen molar-refractivity contribution in [3.63, 3.8) is 0 Å². The number of cyclic esters (lactones) is 1. The van der Waals surface area contributed by atoms with Crippen LogP contribution >= 0.6 is 0 Å². The van der Waals surface area contributed by atoms with Gasteiger partial charge >= 0.3 is 11.9 Å². The summed E-state index contributed by atoms with van der Waals surface area (Å²) in [7, 11) is 0. The molecular formula is C22H30O6. The molecule has 1 heterocycles. The van der Waals surface area contributed by atoms with Crippen LogP contribution in [0.1, 0.15) is 52.9 Å². The van der Waals surface area contributed by atoms with Crippen molar-refractivity contribution in [2.24, 2.45) is 34.0 Å². The number of aliphatic hydroxyl groups is 1. The average molecular weight is 390 g/mol. The summed E-state index contributed by atoms with van der Waals surface area (Å²) in [5, 5.41) is 11.1. The SMILES string of the molecule is C=C1C2CCC3C(C2)(C(=O)OCC32C(OC(C)=O)CCC(C)(C)C2C=O)C1O. The van der Waals surface area contributed by atoms with Crippen molar-refractivity contribution in [1.29, 1.82) is 0 Å². The highest BCUT2D eigenvalue weighted by molar-refractivity contribution is 5.82. The first kappa shape index (κ1) is 19.6. The lowest BCUT2D eigenvalue weighted by atomic mass is 9.44. The zero-order valence-corrected chi connectivity index (χ0v) is 16.9. The van der Waals surface area contributed by atoms with Crippen LogP contribution in [0, 0.1) is 34.0 Å². The lowest BCUT2D eigenvalue weighted by Crippen LogP contribution is -2.69. The Bertz CT molecular complexity index is 741. The molecule has 0 aromatic rings. The molecule has 28 heavy (non-hydrogen) atoms. The molecule has 0 radical (unpaired) electrons. The molecule has 0 aromatic heterocycles. The van der Waals surface area contributed by atoms with E-state index in [1.165, 1.54) is 6.92 Å². The molecular weight excluding hydrogens is 360 g/mol. The lowest BCUT2D eigenvalue weighted by Gasteiger charge is -2.62. The Kier molecular flexibility index (Phi) is 4.31. The minimum absolute atomic E-state index is 0.0485. The van der Waals surface area contributed by atoms with Crippen LogP contribution in [0.4, 0.5) is 0 Å². The van der Waals surface area contributed by atoms with E-state index in [9.17, 15) is 19.5 Å². The molecule has 7 unspecified atom stereocenters. The normalized spacial score (nSPS) is 46.6. The van der Waals surface area contributed by atoms with Crippen molar-refractivity contribution in [2.75, 3.05) is 6.61 Å². The molecule has 6 nitrogen and oxygen atoms in total. The number of hydrogen-bond donors (Lipinski definition) is 1. The minimum atomic E-state index is -1.09. The predicted octanol–water partition coefficient (Wildman–Crippen LogP) is 2.43. The van der Waals surface area contributed by atoms with E-state index in [2.05, 4.69) is 20.4 Å². The van der Waals surface area contributed by atoms with Crippen molar-refractivity contribution in [3.05, 3.63) is 12.2 Å². The standard InChI is InChI=1S/C22H30O6/c1-12-14-5-6-15-21(9-14,18(12)25)19(26)27-11-22(15)16(10-23)20(3,4)8-7-17(22)28-13(2)24/h10,14-18,25H,1,5-9,11H2,2-4H3. The van der Waals surface area contributed by atoms with Gasteiger partial charge in [-0.25, -0.2) is 0 Å². The summed E-state index contributed by atoms with van der Waals surface area (Å²) in [5.41, 5.74) is -1.54. The molecule has 3 saturated carbocycles. The Hall–Kier alpha value is -1.69. The molecule has 2 bridgehead atoms. The first-order valence-electron chi connectivity index (χ1n) is 10.3. The third-order valence-corrected chi connectivity index (χ3v) is 8.37. The van der Waals surface area contributed by atoms with Crippen LogP contribution in [0.25, 0.3) is 0 Å². The first-order valence-corrected chi connectivity index (χ1v) is 10.3. The fourth-order valence-corrected chi connectivity index (χ4v) is 7.12. The Balaban J connectivity index is 1.90. The topological polar surface area (TPSA) is 89.9 Å². The van der Waals surface area contributed by atoms with Gasteiger partial charge in [0.1, 0.15) is 24.4 Å². The van der Waals surface area contributed by atoms with Gasteiger partial charge in [-0.1, -0.05) is 20.4 Å². The third-order valence-electron chi connectivity index (χ3n) is 8.37. The number of rotatable bonds is 2.